The summed E-state index contributed by atoms with van der Waals surface area (Å²) in [6.07, 6.45) is 2.31. The number of methoxy groups -OCH3 is 1. The van der Waals surface area contributed by atoms with Gasteiger partial charge in [0.1, 0.15) is 11.8 Å². The monoisotopic (exact) mass is 437 g/mol. The first-order valence-electron chi connectivity index (χ1n) is 11.4. The highest BCUT2D eigenvalue weighted by Crippen LogP contribution is 2.31. The zero-order valence-corrected chi connectivity index (χ0v) is 19.6. The molecule has 32 heavy (non-hydrogen) atoms. The molecule has 0 aliphatic carbocycles. The molecule has 172 valence electrons. The van der Waals surface area contributed by atoms with E-state index in [0.29, 0.717) is 12.1 Å². The summed E-state index contributed by atoms with van der Waals surface area (Å²) in [5, 5.41) is 6.05. The van der Waals surface area contributed by atoms with Crippen molar-refractivity contribution in [3.05, 3.63) is 65.2 Å². The van der Waals surface area contributed by atoms with Gasteiger partial charge in [-0.15, -0.1) is 0 Å². The summed E-state index contributed by atoms with van der Waals surface area (Å²) in [7, 11) is 1.67. The lowest BCUT2D eigenvalue weighted by molar-refractivity contribution is -0.124. The van der Waals surface area contributed by atoms with Crippen molar-refractivity contribution in [3.63, 3.8) is 0 Å². The van der Waals surface area contributed by atoms with Crippen LogP contribution in [0.5, 0.6) is 5.75 Å². The Bertz CT molecular complexity index is 922. The maximum absolute atomic E-state index is 13.2. The minimum Gasteiger partial charge on any atom is -0.496 e. The molecule has 6 heteroatoms. The number of rotatable bonds is 9. The van der Waals surface area contributed by atoms with Crippen molar-refractivity contribution in [1.82, 2.24) is 15.5 Å². The molecule has 0 bridgehead atoms. The van der Waals surface area contributed by atoms with Gasteiger partial charge in [0.25, 0.3) is 5.91 Å². The van der Waals surface area contributed by atoms with Crippen LogP contribution in [-0.2, 0) is 4.79 Å². The van der Waals surface area contributed by atoms with Gasteiger partial charge in [-0.1, -0.05) is 50.2 Å². The second-order valence-corrected chi connectivity index (χ2v) is 8.76. The van der Waals surface area contributed by atoms with Gasteiger partial charge >= 0.3 is 0 Å². The number of carbonyl (C=O) groups excluding carboxylic acids is 2. The average Bonchev–Trinajstić information content (AvgIpc) is 3.32. The van der Waals surface area contributed by atoms with Gasteiger partial charge in [-0.2, -0.15) is 0 Å². The maximum atomic E-state index is 13.2. The fraction of sp³-hybridized carbons (Fsp3) is 0.462. The van der Waals surface area contributed by atoms with Crippen LogP contribution in [0.25, 0.3) is 0 Å². The molecule has 2 N–H and O–H groups in total. The zero-order chi connectivity index (χ0) is 23.1. The number of hydrogen-bond acceptors (Lipinski definition) is 4. The van der Waals surface area contributed by atoms with E-state index in [2.05, 4.69) is 21.6 Å². The van der Waals surface area contributed by atoms with Gasteiger partial charge < -0.3 is 15.4 Å². The van der Waals surface area contributed by atoms with Crippen LogP contribution in [0, 0.1) is 12.8 Å². The zero-order valence-electron chi connectivity index (χ0n) is 19.6. The van der Waals surface area contributed by atoms with Crippen LogP contribution in [0.3, 0.4) is 0 Å². The molecule has 1 heterocycles. The van der Waals surface area contributed by atoms with E-state index in [1.54, 1.807) is 13.2 Å². The van der Waals surface area contributed by atoms with Gasteiger partial charge in [-0.25, -0.2) is 0 Å². The SMILES string of the molecule is COc1ccccc1C(CNC(=O)C(NC(=O)c1ccccc1C)C(C)C)N1CCCC1. The fourth-order valence-electron chi connectivity index (χ4n) is 4.32. The van der Waals surface area contributed by atoms with E-state index in [-0.39, 0.29) is 23.8 Å². The second kappa shape index (κ2) is 11.1. The van der Waals surface area contributed by atoms with Gasteiger partial charge in [0.2, 0.25) is 5.91 Å². The highest BCUT2D eigenvalue weighted by molar-refractivity contribution is 5.98. The lowest BCUT2D eigenvalue weighted by Gasteiger charge is -2.30. The number of nitrogens with one attached hydrogen (secondary N) is 2. The van der Waals surface area contributed by atoms with E-state index in [0.717, 1.165) is 42.8 Å². The van der Waals surface area contributed by atoms with Crippen LogP contribution in [-0.4, -0.2) is 49.5 Å². The molecule has 2 unspecified atom stereocenters. The largest absolute Gasteiger partial charge is 0.496 e. The van der Waals surface area contributed by atoms with Gasteiger partial charge in [0.15, 0.2) is 0 Å². The van der Waals surface area contributed by atoms with Crippen molar-refractivity contribution in [2.45, 2.75) is 45.7 Å². The molecule has 1 aliphatic heterocycles. The summed E-state index contributed by atoms with van der Waals surface area (Å²) >= 11 is 0. The normalized spacial score (nSPS) is 15.9. The van der Waals surface area contributed by atoms with Crippen molar-refractivity contribution in [1.29, 1.82) is 0 Å². The molecule has 1 aliphatic rings. The maximum Gasteiger partial charge on any atom is 0.252 e. The van der Waals surface area contributed by atoms with Gasteiger partial charge in [0.05, 0.1) is 13.2 Å². The molecule has 2 atom stereocenters. The number of carbonyl (C=O) groups is 2. The number of aryl methyl sites for hydroxylation is 1. The molecule has 2 aromatic rings. The van der Waals surface area contributed by atoms with E-state index in [1.807, 2.05) is 57.2 Å². The van der Waals surface area contributed by atoms with Crippen molar-refractivity contribution < 1.29 is 14.3 Å². The van der Waals surface area contributed by atoms with Crippen molar-refractivity contribution in [2.75, 3.05) is 26.7 Å². The number of ether oxygens (including phenoxy) is 1. The third-order valence-electron chi connectivity index (χ3n) is 6.17. The molecule has 3 rings (SSSR count). The molecule has 0 saturated carbocycles. The molecule has 0 aromatic heterocycles. The first-order chi connectivity index (χ1) is 15.4. The topological polar surface area (TPSA) is 70.7 Å². The minimum atomic E-state index is -0.612. The van der Waals surface area contributed by atoms with E-state index in [1.165, 1.54) is 0 Å². The summed E-state index contributed by atoms with van der Waals surface area (Å²) in [6.45, 7) is 8.24. The van der Waals surface area contributed by atoms with Crippen LogP contribution >= 0.6 is 0 Å². The Morgan fingerprint density at radius 3 is 2.34 bits per heavy atom. The molecule has 2 aromatic carbocycles. The molecule has 1 fully saturated rings. The van der Waals surface area contributed by atoms with Gasteiger partial charge in [-0.3, -0.25) is 14.5 Å². The number of amides is 2. The molecule has 6 nitrogen and oxygen atoms in total. The third-order valence-corrected chi connectivity index (χ3v) is 6.17. The van der Waals surface area contributed by atoms with Crippen LogP contribution in [0.15, 0.2) is 48.5 Å². The third kappa shape index (κ3) is 5.68. The number of para-hydroxylation sites is 1. The van der Waals surface area contributed by atoms with E-state index < -0.39 is 6.04 Å². The quantitative estimate of drug-likeness (QED) is 0.627. The predicted octanol–water partition coefficient (Wildman–Crippen LogP) is 3.71. The number of benzene rings is 2. The molecule has 0 radical (unpaired) electrons. The lowest BCUT2D eigenvalue weighted by Crippen LogP contribution is -2.51. The molecule has 2 amide bonds. The second-order valence-electron chi connectivity index (χ2n) is 8.76. The van der Waals surface area contributed by atoms with Crippen molar-refractivity contribution in [2.24, 2.45) is 5.92 Å². The van der Waals surface area contributed by atoms with Crippen molar-refractivity contribution in [3.8, 4) is 5.75 Å². The van der Waals surface area contributed by atoms with Gasteiger partial charge in [-0.05, 0) is 56.5 Å². The number of nitrogens with zero attached hydrogens (tertiary/aromatic N) is 1. The Hall–Kier alpha value is -2.86. The van der Waals surface area contributed by atoms with E-state index in [4.69, 9.17) is 4.74 Å². The summed E-state index contributed by atoms with van der Waals surface area (Å²) in [6, 6.07) is 14.8. The van der Waals surface area contributed by atoms with E-state index in [9.17, 15) is 9.59 Å². The smallest absolute Gasteiger partial charge is 0.252 e. The highest BCUT2D eigenvalue weighted by Gasteiger charge is 2.29. The van der Waals surface area contributed by atoms with Crippen LogP contribution in [0.2, 0.25) is 0 Å². The summed E-state index contributed by atoms with van der Waals surface area (Å²) < 4.78 is 5.59. The summed E-state index contributed by atoms with van der Waals surface area (Å²) in [5.74, 6) is 0.394. The Balaban J connectivity index is 1.73. The average molecular weight is 438 g/mol. The predicted molar refractivity (Wildman–Crippen MR) is 127 cm³/mol. The Morgan fingerprint density at radius 2 is 1.69 bits per heavy atom. The van der Waals surface area contributed by atoms with Crippen LogP contribution < -0.4 is 15.4 Å². The minimum absolute atomic E-state index is 0.0254. The van der Waals surface area contributed by atoms with Crippen LogP contribution in [0.1, 0.15) is 54.2 Å². The Labute approximate surface area is 191 Å². The summed E-state index contributed by atoms with van der Waals surface area (Å²) in [5.41, 5.74) is 2.55. The standard InChI is InChI=1S/C26H35N3O3/c1-18(2)24(28-25(30)20-12-6-5-11-19(20)3)26(31)27-17-22(29-15-9-10-16-29)21-13-7-8-14-23(21)32-4/h5-8,11-14,18,22,24H,9-10,15-17H2,1-4H3,(H,27,31)(H,28,30). The fourth-order valence-corrected chi connectivity index (χ4v) is 4.32. The first kappa shape index (κ1) is 23.8. The molecule has 0 spiro atoms. The summed E-state index contributed by atoms with van der Waals surface area (Å²) in [4.78, 5) is 28.4. The van der Waals surface area contributed by atoms with E-state index >= 15 is 0 Å². The number of hydrogen-bond donors (Lipinski definition) is 2. The lowest BCUT2D eigenvalue weighted by atomic mass is 10.0. The molecular weight excluding hydrogens is 402 g/mol. The Morgan fingerprint density at radius 1 is 1.03 bits per heavy atom. The molecular formula is C26H35N3O3. The molecule has 1 saturated heterocycles. The van der Waals surface area contributed by atoms with Crippen molar-refractivity contribution >= 4 is 11.8 Å². The number of likely N-dealkylation sites (tertiary alicyclic amines) is 1. The van der Waals surface area contributed by atoms with Gasteiger partial charge in [0, 0.05) is 17.7 Å². The Kier molecular flexibility index (Phi) is 8.28. The van der Waals surface area contributed by atoms with Crippen LogP contribution in [0.4, 0.5) is 0 Å². The highest BCUT2D eigenvalue weighted by atomic mass is 16.5. The first-order valence-corrected chi connectivity index (χ1v) is 11.4.